The summed E-state index contributed by atoms with van der Waals surface area (Å²) in [5.74, 6) is 0. The highest BCUT2D eigenvalue weighted by atomic mass is 14.0. The Bertz CT molecular complexity index is 759. The summed E-state index contributed by atoms with van der Waals surface area (Å²) in [6.07, 6.45) is 39.0. The zero-order valence-electron chi connectivity index (χ0n) is 25.6. The smallest absolute Gasteiger partial charge is 0.00643 e. The van der Waals surface area contributed by atoms with Crippen molar-refractivity contribution in [2.75, 3.05) is 0 Å². The van der Waals surface area contributed by atoms with Gasteiger partial charge in [-0.2, -0.15) is 0 Å². The van der Waals surface area contributed by atoms with Crippen molar-refractivity contribution < 1.29 is 0 Å². The first-order chi connectivity index (χ1) is 18.9. The van der Waals surface area contributed by atoms with Crippen LogP contribution in [0.5, 0.6) is 0 Å². The minimum absolute atomic E-state index is 1.18. The molecule has 2 rings (SSSR count). The van der Waals surface area contributed by atoms with Crippen LogP contribution in [0.3, 0.4) is 0 Å². The zero-order valence-corrected chi connectivity index (χ0v) is 25.6. The van der Waals surface area contributed by atoms with Gasteiger partial charge in [-0.15, -0.1) is 0 Å². The van der Waals surface area contributed by atoms with E-state index in [4.69, 9.17) is 0 Å². The zero-order chi connectivity index (χ0) is 26.8. The van der Waals surface area contributed by atoms with Gasteiger partial charge >= 0.3 is 0 Å². The van der Waals surface area contributed by atoms with Gasteiger partial charge in [0.1, 0.15) is 0 Å². The van der Waals surface area contributed by atoms with E-state index in [2.05, 4.69) is 49.4 Å². The van der Waals surface area contributed by atoms with Crippen molar-refractivity contribution in [1.29, 1.82) is 0 Å². The number of aryl methyl sites for hydroxylation is 1. The second-order valence-electron chi connectivity index (χ2n) is 12.2. The van der Waals surface area contributed by atoms with Gasteiger partial charge in [0, 0.05) is 0 Å². The molecule has 0 aromatic heterocycles. The summed E-state index contributed by atoms with van der Waals surface area (Å²) in [6, 6.07) is 16.7. The third kappa shape index (κ3) is 18.1. The van der Waals surface area contributed by atoms with E-state index in [1.54, 1.807) is 0 Å². The molecule has 0 amide bonds. The number of fused-ring (bicyclic) bond motifs is 1. The van der Waals surface area contributed by atoms with Crippen LogP contribution in [-0.2, 0) is 6.42 Å². The summed E-state index contributed by atoms with van der Waals surface area (Å²) in [6.45, 7) is 2.31. The van der Waals surface area contributed by atoms with Crippen molar-refractivity contribution in [1.82, 2.24) is 0 Å². The van der Waals surface area contributed by atoms with E-state index >= 15 is 0 Å². The standard InChI is InChI=1S/C38H63/c1-2-3-4-5-6-7-8-9-10-11-12-13-14-15-16-17-18-19-20-21-22-23-24-25-26-27-30-36-33-34-37-31-28-29-32-38(37)35-36/h28-29,31-34H,2-27,30H2,1H3. The van der Waals surface area contributed by atoms with Gasteiger partial charge in [-0.05, 0) is 35.2 Å². The second-order valence-corrected chi connectivity index (χ2v) is 12.2. The lowest BCUT2D eigenvalue weighted by Gasteiger charge is -2.05. The lowest BCUT2D eigenvalue weighted by atomic mass is 10.0. The van der Waals surface area contributed by atoms with Crippen LogP contribution in [0.15, 0.2) is 36.4 Å². The molecule has 0 bridgehead atoms. The maximum atomic E-state index is 3.60. The summed E-state index contributed by atoms with van der Waals surface area (Å²) < 4.78 is 0. The van der Waals surface area contributed by atoms with Crippen molar-refractivity contribution in [3.05, 3.63) is 48.0 Å². The van der Waals surface area contributed by atoms with Crippen LogP contribution >= 0.6 is 0 Å². The van der Waals surface area contributed by atoms with Crippen molar-refractivity contribution in [3.8, 4) is 0 Å². The van der Waals surface area contributed by atoms with E-state index in [0.717, 1.165) is 0 Å². The maximum absolute atomic E-state index is 3.60. The minimum atomic E-state index is 1.18. The first kappa shape index (κ1) is 32.9. The van der Waals surface area contributed by atoms with E-state index in [1.807, 2.05) is 0 Å². The fourth-order valence-corrected chi connectivity index (χ4v) is 5.94. The highest BCUT2D eigenvalue weighted by molar-refractivity contribution is 5.82. The predicted molar refractivity (Wildman–Crippen MR) is 172 cm³/mol. The molecule has 38 heavy (non-hydrogen) atoms. The molecular formula is C38H63. The van der Waals surface area contributed by atoms with Gasteiger partial charge < -0.3 is 0 Å². The Morgan fingerprint density at radius 1 is 0.395 bits per heavy atom. The van der Waals surface area contributed by atoms with Gasteiger partial charge in [-0.3, -0.25) is 0 Å². The molecule has 0 nitrogen and oxygen atoms in total. The molecule has 0 heterocycles. The Kier molecular flexibility index (Phi) is 21.4. The SMILES string of the molecule is CCCCCCCCCCCCCCCCCCCCCCCCCCCCc1[c]c2ccccc2cc1. The Hall–Kier alpha value is -1.30. The van der Waals surface area contributed by atoms with Gasteiger partial charge in [-0.25, -0.2) is 0 Å². The van der Waals surface area contributed by atoms with Crippen LogP contribution in [0.25, 0.3) is 10.8 Å². The topological polar surface area (TPSA) is 0 Å². The largest absolute Gasteiger partial charge is 0.0654 e. The summed E-state index contributed by atoms with van der Waals surface area (Å²) in [5, 5.41) is 2.57. The first-order valence-electron chi connectivity index (χ1n) is 17.3. The second kappa shape index (κ2) is 24.7. The highest BCUT2D eigenvalue weighted by Crippen LogP contribution is 2.18. The molecule has 0 spiro atoms. The molecule has 0 heteroatoms. The normalized spacial score (nSPS) is 11.5. The van der Waals surface area contributed by atoms with Crippen LogP contribution in [-0.4, -0.2) is 0 Å². The van der Waals surface area contributed by atoms with Crippen LogP contribution in [0.1, 0.15) is 179 Å². The summed E-state index contributed by atoms with van der Waals surface area (Å²) in [4.78, 5) is 0. The van der Waals surface area contributed by atoms with Crippen molar-refractivity contribution in [2.45, 2.75) is 180 Å². The minimum Gasteiger partial charge on any atom is -0.0654 e. The average molecular weight is 520 g/mol. The Morgan fingerprint density at radius 2 is 0.763 bits per heavy atom. The van der Waals surface area contributed by atoms with E-state index in [0.29, 0.717) is 0 Å². The lowest BCUT2D eigenvalue weighted by molar-refractivity contribution is 0.515. The number of hydrogen-bond donors (Lipinski definition) is 0. The average Bonchev–Trinajstić information content (AvgIpc) is 2.95. The Labute approximate surface area is 238 Å². The molecule has 0 aliphatic carbocycles. The van der Waals surface area contributed by atoms with Crippen LogP contribution in [0, 0.1) is 6.07 Å². The number of hydrogen-bond acceptors (Lipinski definition) is 0. The Morgan fingerprint density at radius 3 is 1.18 bits per heavy atom. The van der Waals surface area contributed by atoms with E-state index in [9.17, 15) is 0 Å². The number of rotatable bonds is 27. The maximum Gasteiger partial charge on any atom is -0.00643 e. The summed E-state index contributed by atoms with van der Waals surface area (Å²) >= 11 is 0. The summed E-state index contributed by atoms with van der Waals surface area (Å²) in [5.41, 5.74) is 1.38. The van der Waals surface area contributed by atoms with Gasteiger partial charge in [-0.1, -0.05) is 204 Å². The molecule has 215 valence electrons. The molecule has 2 aromatic carbocycles. The lowest BCUT2D eigenvalue weighted by Crippen LogP contribution is -1.87. The molecular weight excluding hydrogens is 456 g/mol. The number of benzene rings is 2. The molecule has 0 aliphatic heterocycles. The first-order valence-corrected chi connectivity index (χ1v) is 17.3. The molecule has 0 saturated carbocycles. The van der Waals surface area contributed by atoms with Crippen LogP contribution in [0.4, 0.5) is 0 Å². The molecule has 0 unspecified atom stereocenters. The fourth-order valence-electron chi connectivity index (χ4n) is 5.94. The number of unbranched alkanes of at least 4 members (excludes halogenated alkanes) is 25. The van der Waals surface area contributed by atoms with Crippen molar-refractivity contribution in [3.63, 3.8) is 0 Å². The third-order valence-corrected chi connectivity index (χ3v) is 8.52. The Balaban J connectivity index is 1.21. The highest BCUT2D eigenvalue weighted by Gasteiger charge is 1.99. The van der Waals surface area contributed by atoms with E-state index in [1.165, 1.54) is 190 Å². The molecule has 0 fully saturated rings. The van der Waals surface area contributed by atoms with Gasteiger partial charge in [0.15, 0.2) is 0 Å². The monoisotopic (exact) mass is 519 g/mol. The molecule has 1 radical (unpaired) electrons. The van der Waals surface area contributed by atoms with Crippen LogP contribution < -0.4 is 0 Å². The molecule has 2 aromatic rings. The van der Waals surface area contributed by atoms with Gasteiger partial charge in [0.05, 0.1) is 0 Å². The van der Waals surface area contributed by atoms with Crippen molar-refractivity contribution in [2.24, 2.45) is 0 Å². The molecule has 0 N–H and O–H groups in total. The van der Waals surface area contributed by atoms with Gasteiger partial charge in [0.25, 0.3) is 0 Å². The molecule has 0 saturated heterocycles. The molecule has 0 atom stereocenters. The fraction of sp³-hybridized carbons (Fsp3) is 0.737. The third-order valence-electron chi connectivity index (χ3n) is 8.52. The van der Waals surface area contributed by atoms with E-state index in [-0.39, 0.29) is 0 Å². The molecule has 0 aliphatic rings. The van der Waals surface area contributed by atoms with Crippen molar-refractivity contribution >= 4 is 10.8 Å². The predicted octanol–water partition coefficient (Wildman–Crippen LogP) is 13.3. The van der Waals surface area contributed by atoms with Crippen LogP contribution in [0.2, 0.25) is 0 Å². The van der Waals surface area contributed by atoms with Gasteiger partial charge in [0.2, 0.25) is 0 Å². The van der Waals surface area contributed by atoms with E-state index < -0.39 is 0 Å². The quantitative estimate of drug-likeness (QED) is 0.103. The summed E-state index contributed by atoms with van der Waals surface area (Å²) in [7, 11) is 0.